The van der Waals surface area contributed by atoms with Crippen molar-refractivity contribution in [2.75, 3.05) is 25.2 Å². The molecule has 1 saturated heterocycles. The minimum Gasteiger partial charge on any atom is -0.493 e. The highest BCUT2D eigenvalue weighted by Gasteiger charge is 2.28. The smallest absolute Gasteiger partial charge is 0.161 e. The highest BCUT2D eigenvalue weighted by atomic mass is 32.2. The number of thioether (sulfide) groups is 1. The van der Waals surface area contributed by atoms with E-state index in [0.717, 1.165) is 29.6 Å². The number of aromatic nitrogens is 2. The summed E-state index contributed by atoms with van der Waals surface area (Å²) in [5, 5.41) is 4.15. The third-order valence-electron chi connectivity index (χ3n) is 2.73. The fourth-order valence-electron chi connectivity index (χ4n) is 1.85. The van der Waals surface area contributed by atoms with Gasteiger partial charge in [-0.1, -0.05) is 0 Å². The third kappa shape index (κ3) is 2.18. The molecule has 0 amide bonds. The Morgan fingerprint density at radius 3 is 3.19 bits per heavy atom. The first-order valence-corrected chi connectivity index (χ1v) is 6.40. The van der Waals surface area contributed by atoms with Crippen LogP contribution in [0.1, 0.15) is 11.7 Å². The summed E-state index contributed by atoms with van der Waals surface area (Å²) in [6.45, 7) is 0.767. The van der Waals surface area contributed by atoms with Crippen molar-refractivity contribution in [3.05, 3.63) is 11.9 Å². The van der Waals surface area contributed by atoms with Crippen molar-refractivity contribution in [2.45, 2.75) is 12.1 Å². The molecule has 1 aromatic rings. The van der Waals surface area contributed by atoms with Crippen LogP contribution in [-0.2, 0) is 11.8 Å². The van der Waals surface area contributed by atoms with Crippen LogP contribution in [0, 0.1) is 0 Å². The summed E-state index contributed by atoms with van der Waals surface area (Å²) in [5.74, 6) is 2.70. The van der Waals surface area contributed by atoms with Crippen LogP contribution in [0.3, 0.4) is 0 Å². The maximum atomic E-state index is 6.21. The van der Waals surface area contributed by atoms with Crippen LogP contribution in [-0.4, -0.2) is 41.1 Å². The van der Waals surface area contributed by atoms with Gasteiger partial charge in [-0.05, 0) is 0 Å². The lowest BCUT2D eigenvalue weighted by Crippen LogP contribution is -2.35. The zero-order valence-electron chi connectivity index (χ0n) is 9.55. The summed E-state index contributed by atoms with van der Waals surface area (Å²) < 4.78 is 12.7. The first kappa shape index (κ1) is 11.8. The molecular weight excluding hydrogens is 226 g/mol. The quantitative estimate of drug-likeness (QED) is 0.840. The summed E-state index contributed by atoms with van der Waals surface area (Å²) >= 11 is 1.87. The number of nitrogens with two attached hydrogens (primary N) is 1. The molecule has 2 heterocycles. The number of hydrogen-bond donors (Lipinski definition) is 1. The second kappa shape index (κ2) is 5.07. The molecule has 1 aliphatic heterocycles. The monoisotopic (exact) mass is 243 g/mol. The van der Waals surface area contributed by atoms with Crippen molar-refractivity contribution >= 4 is 11.8 Å². The van der Waals surface area contributed by atoms with Crippen molar-refractivity contribution < 1.29 is 9.47 Å². The van der Waals surface area contributed by atoms with Gasteiger partial charge in [-0.25, -0.2) is 0 Å². The number of rotatable bonds is 3. The van der Waals surface area contributed by atoms with E-state index in [-0.39, 0.29) is 12.1 Å². The molecule has 2 unspecified atom stereocenters. The van der Waals surface area contributed by atoms with E-state index < -0.39 is 0 Å². The van der Waals surface area contributed by atoms with Crippen LogP contribution >= 0.6 is 11.8 Å². The van der Waals surface area contributed by atoms with Crippen molar-refractivity contribution in [3.63, 3.8) is 0 Å². The van der Waals surface area contributed by atoms with Crippen molar-refractivity contribution in [1.29, 1.82) is 0 Å². The van der Waals surface area contributed by atoms with E-state index in [1.165, 1.54) is 0 Å². The maximum absolute atomic E-state index is 6.21. The van der Waals surface area contributed by atoms with Gasteiger partial charge in [-0.3, -0.25) is 4.68 Å². The molecule has 90 valence electrons. The first-order chi connectivity index (χ1) is 7.74. The van der Waals surface area contributed by atoms with Crippen molar-refractivity contribution in [2.24, 2.45) is 12.8 Å². The molecule has 2 N–H and O–H groups in total. The van der Waals surface area contributed by atoms with E-state index in [1.54, 1.807) is 18.0 Å². The number of methoxy groups -OCH3 is 1. The van der Waals surface area contributed by atoms with Gasteiger partial charge in [0, 0.05) is 18.6 Å². The minimum absolute atomic E-state index is 0.0445. The SMILES string of the molecule is COc1cnn(C)c1C(N)C1CSCCO1. The molecular formula is C10H17N3O2S. The Morgan fingerprint density at radius 2 is 2.56 bits per heavy atom. The van der Waals surface area contributed by atoms with Gasteiger partial charge in [0.25, 0.3) is 0 Å². The Kier molecular flexibility index (Phi) is 3.73. The summed E-state index contributed by atoms with van der Waals surface area (Å²) in [6.07, 6.45) is 1.73. The van der Waals surface area contributed by atoms with Gasteiger partial charge < -0.3 is 15.2 Å². The Bertz CT molecular complexity index is 350. The van der Waals surface area contributed by atoms with Crippen LogP contribution < -0.4 is 10.5 Å². The Balaban J connectivity index is 2.18. The Morgan fingerprint density at radius 1 is 1.75 bits per heavy atom. The van der Waals surface area contributed by atoms with Gasteiger partial charge in [0.1, 0.15) is 0 Å². The largest absolute Gasteiger partial charge is 0.493 e. The molecule has 0 saturated carbocycles. The lowest BCUT2D eigenvalue weighted by molar-refractivity contribution is 0.0544. The van der Waals surface area contributed by atoms with Gasteiger partial charge in [0.15, 0.2) is 5.75 Å². The zero-order chi connectivity index (χ0) is 11.5. The fraction of sp³-hybridized carbons (Fsp3) is 0.700. The van der Waals surface area contributed by atoms with E-state index in [0.29, 0.717) is 0 Å². The molecule has 6 heteroatoms. The standard InChI is InChI=1S/C10H17N3O2S/c1-13-10(7(14-2)5-12-13)9(11)8-6-16-4-3-15-8/h5,8-9H,3-4,6,11H2,1-2H3. The Hall–Kier alpha value is -0.720. The predicted octanol–water partition coefficient (Wildman–Crippen LogP) is 0.560. The molecule has 2 atom stereocenters. The van der Waals surface area contributed by atoms with Crippen LogP contribution in [0.25, 0.3) is 0 Å². The number of ether oxygens (including phenoxy) is 2. The second-order valence-corrected chi connectivity index (χ2v) is 4.88. The molecule has 0 aromatic carbocycles. The number of nitrogens with zero attached hydrogens (tertiary/aromatic N) is 2. The molecule has 1 fully saturated rings. The van der Waals surface area contributed by atoms with Gasteiger partial charge >= 0.3 is 0 Å². The number of hydrogen-bond acceptors (Lipinski definition) is 5. The van der Waals surface area contributed by atoms with Gasteiger partial charge in [0.05, 0.1) is 37.8 Å². The first-order valence-electron chi connectivity index (χ1n) is 5.25. The van der Waals surface area contributed by atoms with Gasteiger partial charge in [-0.15, -0.1) is 0 Å². The second-order valence-electron chi connectivity index (χ2n) is 3.73. The van der Waals surface area contributed by atoms with Crippen LogP contribution in [0.4, 0.5) is 0 Å². The van der Waals surface area contributed by atoms with E-state index in [9.17, 15) is 0 Å². The van der Waals surface area contributed by atoms with E-state index in [4.69, 9.17) is 15.2 Å². The molecule has 1 aliphatic rings. The molecule has 0 bridgehead atoms. The third-order valence-corrected chi connectivity index (χ3v) is 3.75. The lowest BCUT2D eigenvalue weighted by atomic mass is 10.1. The molecule has 0 aliphatic carbocycles. The summed E-state index contributed by atoms with van der Waals surface area (Å²) in [5.41, 5.74) is 7.11. The lowest BCUT2D eigenvalue weighted by Gasteiger charge is -2.27. The summed E-state index contributed by atoms with van der Waals surface area (Å²) in [7, 11) is 3.50. The van der Waals surface area contributed by atoms with Crippen molar-refractivity contribution in [1.82, 2.24) is 9.78 Å². The van der Waals surface area contributed by atoms with Crippen molar-refractivity contribution in [3.8, 4) is 5.75 Å². The van der Waals surface area contributed by atoms with E-state index in [2.05, 4.69) is 5.10 Å². The van der Waals surface area contributed by atoms with Crippen LogP contribution in [0.15, 0.2) is 6.20 Å². The molecule has 0 spiro atoms. The normalized spacial score (nSPS) is 23.1. The number of aryl methyl sites for hydroxylation is 1. The van der Waals surface area contributed by atoms with Crippen LogP contribution in [0.2, 0.25) is 0 Å². The zero-order valence-corrected chi connectivity index (χ0v) is 10.4. The highest BCUT2D eigenvalue weighted by Crippen LogP contribution is 2.29. The van der Waals surface area contributed by atoms with Gasteiger partial charge in [-0.2, -0.15) is 16.9 Å². The fourth-order valence-corrected chi connectivity index (χ4v) is 2.77. The Labute approximate surface area is 99.3 Å². The minimum atomic E-state index is -0.185. The molecule has 0 radical (unpaired) electrons. The molecule has 2 rings (SSSR count). The summed E-state index contributed by atoms with van der Waals surface area (Å²) in [4.78, 5) is 0. The van der Waals surface area contributed by atoms with Gasteiger partial charge in [0.2, 0.25) is 0 Å². The molecule has 16 heavy (non-hydrogen) atoms. The summed E-state index contributed by atoms with van der Waals surface area (Å²) in [6, 6.07) is -0.185. The average molecular weight is 243 g/mol. The topological polar surface area (TPSA) is 62.3 Å². The van der Waals surface area contributed by atoms with Crippen LogP contribution in [0.5, 0.6) is 5.75 Å². The van der Waals surface area contributed by atoms with E-state index in [1.807, 2.05) is 18.8 Å². The predicted molar refractivity (Wildman–Crippen MR) is 63.8 cm³/mol. The highest BCUT2D eigenvalue weighted by molar-refractivity contribution is 7.99. The molecule has 1 aromatic heterocycles. The maximum Gasteiger partial charge on any atom is 0.161 e. The van der Waals surface area contributed by atoms with E-state index >= 15 is 0 Å². The molecule has 5 nitrogen and oxygen atoms in total. The average Bonchev–Trinajstić information content (AvgIpc) is 2.70.